The maximum atomic E-state index is 3.52. The molecule has 2 heteroatoms. The van der Waals surface area contributed by atoms with E-state index in [9.17, 15) is 0 Å². The van der Waals surface area contributed by atoms with Crippen LogP contribution in [0.5, 0.6) is 0 Å². The summed E-state index contributed by atoms with van der Waals surface area (Å²) in [5.41, 5.74) is 0. The first-order valence-electron chi connectivity index (χ1n) is 3.70. The normalized spacial score (nSPS) is 34.0. The van der Waals surface area contributed by atoms with Gasteiger partial charge in [-0.05, 0) is 38.1 Å². The van der Waals surface area contributed by atoms with Crippen LogP contribution in [0.1, 0.15) is 25.7 Å². The molecule has 2 rings (SSSR count). The SMILES string of the molecule is C1CNC(C2CC2)C1.Cl. The summed E-state index contributed by atoms with van der Waals surface area (Å²) in [6.45, 7) is 1.28. The third kappa shape index (κ3) is 1.59. The molecule has 1 atom stereocenters. The van der Waals surface area contributed by atoms with E-state index in [1.165, 1.54) is 32.2 Å². The number of hydrogen-bond donors (Lipinski definition) is 1. The smallest absolute Gasteiger partial charge is 0.00958 e. The summed E-state index contributed by atoms with van der Waals surface area (Å²) in [4.78, 5) is 0. The quantitative estimate of drug-likeness (QED) is 0.594. The number of rotatable bonds is 1. The largest absolute Gasteiger partial charge is 0.314 e. The van der Waals surface area contributed by atoms with Gasteiger partial charge in [0.1, 0.15) is 0 Å². The van der Waals surface area contributed by atoms with Crippen LogP contribution >= 0.6 is 12.4 Å². The van der Waals surface area contributed by atoms with E-state index in [-0.39, 0.29) is 12.4 Å². The molecule has 9 heavy (non-hydrogen) atoms. The van der Waals surface area contributed by atoms with Gasteiger partial charge in [0.2, 0.25) is 0 Å². The van der Waals surface area contributed by atoms with Crippen molar-refractivity contribution in [3.63, 3.8) is 0 Å². The van der Waals surface area contributed by atoms with Crippen molar-refractivity contribution in [3.8, 4) is 0 Å². The van der Waals surface area contributed by atoms with E-state index in [2.05, 4.69) is 5.32 Å². The molecule has 0 aromatic rings. The fraction of sp³-hybridized carbons (Fsp3) is 1.00. The maximum absolute atomic E-state index is 3.52. The average molecular weight is 148 g/mol. The zero-order valence-electron chi connectivity index (χ0n) is 5.60. The molecule has 1 saturated heterocycles. The molecule has 0 radical (unpaired) electrons. The summed E-state index contributed by atoms with van der Waals surface area (Å²) in [7, 11) is 0. The van der Waals surface area contributed by atoms with Crippen molar-refractivity contribution in [3.05, 3.63) is 0 Å². The minimum absolute atomic E-state index is 0. The van der Waals surface area contributed by atoms with Crippen molar-refractivity contribution >= 4 is 12.4 Å². The van der Waals surface area contributed by atoms with Crippen molar-refractivity contribution in [1.82, 2.24) is 5.32 Å². The molecule has 1 N–H and O–H groups in total. The van der Waals surface area contributed by atoms with Crippen molar-refractivity contribution in [2.75, 3.05) is 6.54 Å². The van der Waals surface area contributed by atoms with Gasteiger partial charge in [-0.1, -0.05) is 0 Å². The Morgan fingerprint density at radius 2 is 1.89 bits per heavy atom. The summed E-state index contributed by atoms with van der Waals surface area (Å²) in [6, 6.07) is 0.926. The first kappa shape index (κ1) is 7.36. The summed E-state index contributed by atoms with van der Waals surface area (Å²) in [5, 5.41) is 3.52. The lowest BCUT2D eigenvalue weighted by Gasteiger charge is -2.04. The number of halogens is 1. The van der Waals surface area contributed by atoms with Gasteiger partial charge in [0.05, 0.1) is 0 Å². The zero-order chi connectivity index (χ0) is 5.40. The third-order valence-corrected chi connectivity index (χ3v) is 2.29. The minimum atomic E-state index is 0. The Morgan fingerprint density at radius 3 is 2.33 bits per heavy atom. The van der Waals surface area contributed by atoms with Gasteiger partial charge in [0.25, 0.3) is 0 Å². The maximum Gasteiger partial charge on any atom is 0.00958 e. The highest BCUT2D eigenvalue weighted by molar-refractivity contribution is 5.85. The summed E-state index contributed by atoms with van der Waals surface area (Å²) in [5.74, 6) is 1.08. The van der Waals surface area contributed by atoms with Gasteiger partial charge in [-0.3, -0.25) is 0 Å². The predicted octanol–water partition coefficient (Wildman–Crippen LogP) is 1.57. The van der Waals surface area contributed by atoms with Crippen LogP contribution in [0.15, 0.2) is 0 Å². The van der Waals surface area contributed by atoms with Crippen LogP contribution in [0.25, 0.3) is 0 Å². The third-order valence-electron chi connectivity index (χ3n) is 2.29. The van der Waals surface area contributed by atoms with Crippen LogP contribution in [-0.2, 0) is 0 Å². The molecule has 1 heterocycles. The topological polar surface area (TPSA) is 12.0 Å². The molecule has 1 aliphatic carbocycles. The van der Waals surface area contributed by atoms with E-state index in [0.717, 1.165) is 12.0 Å². The molecule has 0 bridgehead atoms. The highest BCUT2D eigenvalue weighted by atomic mass is 35.5. The van der Waals surface area contributed by atoms with E-state index in [0.29, 0.717) is 0 Å². The molecular formula is C7H14ClN. The Balaban J connectivity index is 0.000000405. The van der Waals surface area contributed by atoms with Crippen LogP contribution in [0, 0.1) is 5.92 Å². The van der Waals surface area contributed by atoms with Crippen LogP contribution in [0.2, 0.25) is 0 Å². The Kier molecular flexibility index (Phi) is 2.36. The lowest BCUT2D eigenvalue weighted by Crippen LogP contribution is -2.22. The highest BCUT2D eigenvalue weighted by Crippen LogP contribution is 2.35. The van der Waals surface area contributed by atoms with Gasteiger partial charge >= 0.3 is 0 Å². The summed E-state index contributed by atoms with van der Waals surface area (Å²) < 4.78 is 0. The van der Waals surface area contributed by atoms with Crippen LogP contribution in [0.4, 0.5) is 0 Å². The second-order valence-corrected chi connectivity index (χ2v) is 3.04. The van der Waals surface area contributed by atoms with Crippen molar-refractivity contribution < 1.29 is 0 Å². The van der Waals surface area contributed by atoms with Crippen molar-refractivity contribution in [2.24, 2.45) is 5.92 Å². The van der Waals surface area contributed by atoms with E-state index in [1.807, 2.05) is 0 Å². The lowest BCUT2D eigenvalue weighted by atomic mass is 10.1. The zero-order valence-corrected chi connectivity index (χ0v) is 6.41. The van der Waals surface area contributed by atoms with E-state index in [4.69, 9.17) is 0 Å². The first-order chi connectivity index (χ1) is 3.97. The van der Waals surface area contributed by atoms with Gasteiger partial charge in [0.15, 0.2) is 0 Å². The molecule has 1 unspecified atom stereocenters. The van der Waals surface area contributed by atoms with Crippen molar-refractivity contribution in [1.29, 1.82) is 0 Å². The standard InChI is InChI=1S/C7H13N.ClH/c1-2-7(8-5-1)6-3-4-6;/h6-8H,1-5H2;1H. The van der Waals surface area contributed by atoms with E-state index >= 15 is 0 Å². The molecule has 2 fully saturated rings. The molecule has 1 saturated carbocycles. The molecule has 0 spiro atoms. The van der Waals surface area contributed by atoms with Crippen LogP contribution in [0.3, 0.4) is 0 Å². The first-order valence-corrected chi connectivity index (χ1v) is 3.70. The van der Waals surface area contributed by atoms with Gasteiger partial charge in [-0.15, -0.1) is 12.4 Å². The molecule has 1 aliphatic heterocycles. The summed E-state index contributed by atoms with van der Waals surface area (Å²) >= 11 is 0. The van der Waals surface area contributed by atoms with Crippen molar-refractivity contribution in [2.45, 2.75) is 31.7 Å². The molecule has 0 aromatic heterocycles. The molecule has 0 amide bonds. The van der Waals surface area contributed by atoms with Gasteiger partial charge in [-0.2, -0.15) is 0 Å². The summed E-state index contributed by atoms with van der Waals surface area (Å²) in [6.07, 6.45) is 5.86. The monoisotopic (exact) mass is 147 g/mol. The fourth-order valence-corrected chi connectivity index (χ4v) is 1.61. The van der Waals surface area contributed by atoms with Gasteiger partial charge < -0.3 is 5.32 Å². The highest BCUT2D eigenvalue weighted by Gasteiger charge is 2.32. The second kappa shape index (κ2) is 2.89. The van der Waals surface area contributed by atoms with Crippen LogP contribution < -0.4 is 5.32 Å². The Morgan fingerprint density at radius 1 is 1.11 bits per heavy atom. The van der Waals surface area contributed by atoms with Gasteiger partial charge in [-0.25, -0.2) is 0 Å². The van der Waals surface area contributed by atoms with Gasteiger partial charge in [0, 0.05) is 6.04 Å². The molecular weight excluding hydrogens is 134 g/mol. The molecule has 54 valence electrons. The minimum Gasteiger partial charge on any atom is -0.314 e. The molecule has 0 aromatic carbocycles. The molecule has 2 aliphatic rings. The predicted molar refractivity (Wildman–Crippen MR) is 41.0 cm³/mol. The average Bonchev–Trinajstić information content (AvgIpc) is 2.49. The Bertz CT molecular complexity index is 84.9. The lowest BCUT2D eigenvalue weighted by molar-refractivity contribution is 0.539. The van der Waals surface area contributed by atoms with E-state index < -0.39 is 0 Å². The second-order valence-electron chi connectivity index (χ2n) is 3.04. The van der Waals surface area contributed by atoms with Crippen LogP contribution in [-0.4, -0.2) is 12.6 Å². The van der Waals surface area contributed by atoms with E-state index in [1.54, 1.807) is 0 Å². The number of nitrogens with one attached hydrogen (secondary N) is 1. The fourth-order valence-electron chi connectivity index (χ4n) is 1.61. The molecule has 1 nitrogen and oxygen atoms in total. The Labute approximate surface area is 62.6 Å². The number of hydrogen-bond acceptors (Lipinski definition) is 1. The Hall–Kier alpha value is 0.250.